The van der Waals surface area contributed by atoms with Gasteiger partial charge in [-0.15, -0.1) is 0 Å². The number of amides is 1. The Morgan fingerprint density at radius 3 is 2.43 bits per heavy atom. The fraction of sp³-hybridized carbons (Fsp3) is 0.158. The number of carbonyl (C=O) groups is 1. The Kier molecular flexibility index (Phi) is 5.84. The second kappa shape index (κ2) is 8.30. The van der Waals surface area contributed by atoms with Crippen LogP contribution in [0.5, 0.6) is 5.75 Å². The van der Waals surface area contributed by atoms with Gasteiger partial charge in [-0.05, 0) is 42.0 Å². The number of rotatable bonds is 6. The highest BCUT2D eigenvalue weighted by atomic mass is 32.1. The Labute approximate surface area is 163 Å². The normalized spacial score (nSPS) is 11.2. The Morgan fingerprint density at radius 1 is 1.11 bits per heavy atom. The van der Waals surface area contributed by atoms with Gasteiger partial charge in [0.05, 0.1) is 0 Å². The van der Waals surface area contributed by atoms with Crippen LogP contribution in [0.4, 0.5) is 13.2 Å². The molecular weight excluding hydrogens is 391 g/mol. The summed E-state index contributed by atoms with van der Waals surface area (Å²) in [6.07, 6.45) is -2.86. The molecule has 9 heteroatoms. The lowest BCUT2D eigenvalue weighted by Crippen LogP contribution is -2.25. The van der Waals surface area contributed by atoms with Crippen molar-refractivity contribution in [3.05, 3.63) is 76.8 Å². The van der Waals surface area contributed by atoms with Gasteiger partial charge in [0.2, 0.25) is 0 Å². The lowest BCUT2D eigenvalue weighted by Gasteiger charge is -2.11. The zero-order chi connectivity index (χ0) is 20.1. The zero-order valence-electron chi connectivity index (χ0n) is 14.5. The topological polar surface area (TPSA) is 59.0 Å². The van der Waals surface area contributed by atoms with E-state index >= 15 is 0 Å². The van der Waals surface area contributed by atoms with E-state index in [9.17, 15) is 18.0 Å². The van der Waals surface area contributed by atoms with Crippen LogP contribution < -0.4 is 10.1 Å². The molecule has 0 saturated heterocycles. The average molecular weight is 407 g/mol. The number of para-hydroxylation sites is 1. The molecule has 28 heavy (non-hydrogen) atoms. The van der Waals surface area contributed by atoms with Gasteiger partial charge in [0.1, 0.15) is 11.4 Å². The van der Waals surface area contributed by atoms with Crippen LogP contribution in [0.15, 0.2) is 60.8 Å². The van der Waals surface area contributed by atoms with E-state index in [-0.39, 0.29) is 18.2 Å². The molecule has 0 aliphatic carbocycles. The van der Waals surface area contributed by atoms with Crippen LogP contribution in [0.1, 0.15) is 16.1 Å². The number of halogens is 3. The summed E-state index contributed by atoms with van der Waals surface area (Å²) in [6.45, 7) is -1.15. The summed E-state index contributed by atoms with van der Waals surface area (Å²) >= 11 is 5.25. The van der Waals surface area contributed by atoms with Crippen LogP contribution in [0.2, 0.25) is 0 Å². The first-order valence-electron chi connectivity index (χ1n) is 8.26. The quantitative estimate of drug-likeness (QED) is 0.596. The van der Waals surface area contributed by atoms with Gasteiger partial charge < -0.3 is 15.0 Å². The number of benzene rings is 2. The smallest absolute Gasteiger partial charge is 0.422 e. The third-order valence-corrected chi connectivity index (χ3v) is 4.10. The molecular formula is C19H16F3N3O2S. The first kappa shape index (κ1) is 19.7. The van der Waals surface area contributed by atoms with Crippen LogP contribution in [-0.2, 0) is 6.54 Å². The second-order valence-corrected chi connectivity index (χ2v) is 6.27. The van der Waals surface area contributed by atoms with Gasteiger partial charge in [-0.2, -0.15) is 13.2 Å². The number of aromatic amines is 1. The van der Waals surface area contributed by atoms with Gasteiger partial charge >= 0.3 is 6.18 Å². The summed E-state index contributed by atoms with van der Waals surface area (Å²) in [7, 11) is 0. The molecule has 1 heterocycles. The zero-order valence-corrected chi connectivity index (χ0v) is 15.3. The van der Waals surface area contributed by atoms with Crippen molar-refractivity contribution in [3.63, 3.8) is 0 Å². The molecule has 0 aliphatic rings. The third kappa shape index (κ3) is 5.01. The molecule has 1 amide bonds. The Morgan fingerprint density at radius 2 is 1.79 bits per heavy atom. The van der Waals surface area contributed by atoms with E-state index in [0.29, 0.717) is 16.0 Å². The van der Waals surface area contributed by atoms with Crippen molar-refractivity contribution >= 4 is 18.1 Å². The number of nitrogens with zero attached hydrogens (tertiary/aromatic N) is 1. The summed E-state index contributed by atoms with van der Waals surface area (Å²) in [4.78, 5) is 15.4. The van der Waals surface area contributed by atoms with Gasteiger partial charge in [-0.25, -0.2) is 0 Å². The fourth-order valence-electron chi connectivity index (χ4n) is 2.51. The number of nitrogens with one attached hydrogen (secondary N) is 2. The number of hydrogen-bond donors (Lipinski definition) is 2. The number of imidazole rings is 1. The van der Waals surface area contributed by atoms with Crippen molar-refractivity contribution in [2.24, 2.45) is 0 Å². The van der Waals surface area contributed by atoms with Crippen molar-refractivity contribution in [2.45, 2.75) is 12.7 Å². The van der Waals surface area contributed by atoms with Gasteiger partial charge in [0.15, 0.2) is 11.4 Å². The maximum Gasteiger partial charge on any atom is 0.422 e. The third-order valence-electron chi connectivity index (χ3n) is 3.80. The molecule has 0 unspecified atom stereocenters. The Bertz CT molecular complexity index is 996. The predicted molar refractivity (Wildman–Crippen MR) is 100 cm³/mol. The van der Waals surface area contributed by atoms with Crippen molar-refractivity contribution in [3.8, 4) is 11.4 Å². The average Bonchev–Trinajstić information content (AvgIpc) is 3.07. The molecule has 3 aromatic rings. The second-order valence-electron chi connectivity index (χ2n) is 5.88. The largest absolute Gasteiger partial charge is 0.484 e. The van der Waals surface area contributed by atoms with Crippen LogP contribution in [-0.4, -0.2) is 28.2 Å². The van der Waals surface area contributed by atoms with E-state index in [4.69, 9.17) is 12.2 Å². The molecule has 0 bridgehead atoms. The van der Waals surface area contributed by atoms with E-state index in [0.717, 1.165) is 5.69 Å². The van der Waals surface area contributed by atoms with Crippen LogP contribution >= 0.6 is 12.2 Å². The van der Waals surface area contributed by atoms with Crippen LogP contribution in [0, 0.1) is 4.77 Å². The highest BCUT2D eigenvalue weighted by molar-refractivity contribution is 7.71. The summed E-state index contributed by atoms with van der Waals surface area (Å²) in [5.41, 5.74) is 1.82. The molecule has 2 aromatic carbocycles. The van der Waals surface area contributed by atoms with Crippen molar-refractivity contribution in [1.82, 2.24) is 14.9 Å². The maximum atomic E-state index is 12.6. The number of alkyl halides is 3. The molecule has 0 spiro atoms. The first-order valence-corrected chi connectivity index (χ1v) is 8.67. The number of H-pyrrole nitrogens is 1. The lowest BCUT2D eigenvalue weighted by atomic mass is 10.2. The molecule has 2 N–H and O–H groups in total. The van der Waals surface area contributed by atoms with Crippen LogP contribution in [0.3, 0.4) is 0 Å². The minimum absolute atomic E-state index is 0.107. The number of ether oxygens (including phenoxy) is 1. The van der Waals surface area contributed by atoms with Crippen molar-refractivity contribution in [2.75, 3.05) is 6.61 Å². The number of hydrogen-bond acceptors (Lipinski definition) is 3. The highest BCUT2D eigenvalue weighted by Gasteiger charge is 2.28. The predicted octanol–water partition coefficient (Wildman–Crippen LogP) is 4.41. The minimum atomic E-state index is -4.39. The van der Waals surface area contributed by atoms with E-state index in [2.05, 4.69) is 15.0 Å². The van der Waals surface area contributed by atoms with E-state index in [1.165, 1.54) is 18.3 Å². The molecule has 1 aromatic heterocycles. The molecule has 0 aliphatic heterocycles. The molecule has 0 saturated carbocycles. The van der Waals surface area contributed by atoms with Crippen molar-refractivity contribution in [1.29, 1.82) is 0 Å². The summed E-state index contributed by atoms with van der Waals surface area (Å²) in [5, 5.41) is 2.77. The van der Waals surface area contributed by atoms with E-state index < -0.39 is 12.8 Å². The molecule has 3 rings (SSSR count). The summed E-state index contributed by atoms with van der Waals surface area (Å²) in [6, 6.07) is 15.2. The molecule has 0 fully saturated rings. The lowest BCUT2D eigenvalue weighted by molar-refractivity contribution is -0.153. The maximum absolute atomic E-state index is 12.6. The summed E-state index contributed by atoms with van der Waals surface area (Å²) in [5.74, 6) is -0.232. The van der Waals surface area contributed by atoms with E-state index in [1.807, 2.05) is 30.3 Å². The number of aromatic nitrogens is 2. The van der Waals surface area contributed by atoms with Crippen LogP contribution in [0.25, 0.3) is 5.69 Å². The summed E-state index contributed by atoms with van der Waals surface area (Å²) < 4.78 is 43.2. The van der Waals surface area contributed by atoms with Gasteiger partial charge in [0, 0.05) is 18.4 Å². The first-order chi connectivity index (χ1) is 13.3. The van der Waals surface area contributed by atoms with Gasteiger partial charge in [0.25, 0.3) is 5.91 Å². The molecule has 5 nitrogen and oxygen atoms in total. The Balaban J connectivity index is 1.65. The molecule has 0 radical (unpaired) electrons. The SMILES string of the molecule is O=C(NCc1ccc(OCC(F)(F)F)cc1)c1c[nH]c(=S)n1-c1ccccc1. The monoisotopic (exact) mass is 407 g/mol. The minimum Gasteiger partial charge on any atom is -0.484 e. The van der Waals surface area contributed by atoms with Crippen molar-refractivity contribution < 1.29 is 22.7 Å². The van der Waals surface area contributed by atoms with E-state index in [1.54, 1.807) is 16.7 Å². The number of carbonyl (C=O) groups excluding carboxylic acids is 1. The highest BCUT2D eigenvalue weighted by Crippen LogP contribution is 2.19. The van der Waals surface area contributed by atoms with Gasteiger partial charge in [-0.1, -0.05) is 30.3 Å². The fourth-order valence-corrected chi connectivity index (χ4v) is 2.77. The molecule has 146 valence electrons. The molecule has 0 atom stereocenters. The standard InChI is InChI=1S/C19H16F3N3O2S/c20-19(21,22)12-27-15-8-6-13(7-9-15)10-23-17(26)16-11-24-18(28)25(16)14-4-2-1-3-5-14/h1-9,11H,10,12H2,(H,23,26)(H,24,28). The van der Waals surface area contributed by atoms with Gasteiger partial charge in [-0.3, -0.25) is 9.36 Å². The Hall–Kier alpha value is -3.07.